The van der Waals surface area contributed by atoms with Gasteiger partial charge in [0.1, 0.15) is 12.2 Å². The molecule has 4 heteroatoms. The normalized spacial score (nSPS) is 23.8. The largest absolute Gasteiger partial charge is 0.496 e. The summed E-state index contributed by atoms with van der Waals surface area (Å²) in [5.41, 5.74) is 3.64. The zero-order valence-electron chi connectivity index (χ0n) is 16.4. The number of carbonyl (C=O) groups is 2. The summed E-state index contributed by atoms with van der Waals surface area (Å²) < 4.78 is 11.5. The number of hydrogen-bond donors (Lipinski definition) is 0. The number of allylic oxidation sites excluding steroid dienone is 1. The van der Waals surface area contributed by atoms with Crippen molar-refractivity contribution >= 4 is 23.4 Å². The van der Waals surface area contributed by atoms with E-state index in [4.69, 9.17) is 9.47 Å². The standard InChI is InChI=1S/C25H24O4/c1-17-7-9-18(10-8-17)11-14-24(26)29-20-12-13-21-23(15-20)28-16-22(25(21)27)19-5-3-2-4-6-19/h2-11,14,16,20-21,23H,12-13,15H2,1H3/b14-11+. The van der Waals surface area contributed by atoms with Gasteiger partial charge in [-0.25, -0.2) is 4.79 Å². The van der Waals surface area contributed by atoms with Crippen molar-refractivity contribution in [2.75, 3.05) is 0 Å². The quantitative estimate of drug-likeness (QED) is 0.561. The first-order chi connectivity index (χ1) is 14.1. The van der Waals surface area contributed by atoms with Gasteiger partial charge in [-0.2, -0.15) is 0 Å². The second-order valence-corrected chi connectivity index (χ2v) is 7.66. The summed E-state index contributed by atoms with van der Waals surface area (Å²) in [7, 11) is 0. The highest BCUT2D eigenvalue weighted by molar-refractivity contribution is 6.22. The van der Waals surface area contributed by atoms with Gasteiger partial charge < -0.3 is 9.47 Å². The highest BCUT2D eigenvalue weighted by atomic mass is 16.5. The summed E-state index contributed by atoms with van der Waals surface area (Å²) >= 11 is 0. The third kappa shape index (κ3) is 4.48. The number of Topliss-reactive ketones (excluding diaryl/α,β-unsaturated/α-hetero) is 1. The predicted molar refractivity (Wildman–Crippen MR) is 112 cm³/mol. The molecule has 0 amide bonds. The minimum Gasteiger partial charge on any atom is -0.496 e. The van der Waals surface area contributed by atoms with Crippen LogP contribution in [0.5, 0.6) is 0 Å². The van der Waals surface area contributed by atoms with Crippen LogP contribution in [0.1, 0.15) is 36.0 Å². The van der Waals surface area contributed by atoms with Crippen molar-refractivity contribution < 1.29 is 19.1 Å². The second-order valence-electron chi connectivity index (χ2n) is 7.66. The molecule has 148 valence electrons. The van der Waals surface area contributed by atoms with Crippen LogP contribution in [0.2, 0.25) is 0 Å². The fourth-order valence-corrected chi connectivity index (χ4v) is 3.94. The zero-order valence-corrected chi connectivity index (χ0v) is 16.4. The molecule has 4 nitrogen and oxygen atoms in total. The number of esters is 1. The van der Waals surface area contributed by atoms with Crippen LogP contribution >= 0.6 is 0 Å². The van der Waals surface area contributed by atoms with E-state index in [0.717, 1.165) is 11.1 Å². The van der Waals surface area contributed by atoms with Crippen molar-refractivity contribution in [1.29, 1.82) is 0 Å². The van der Waals surface area contributed by atoms with E-state index in [1.165, 1.54) is 11.6 Å². The van der Waals surface area contributed by atoms with Crippen LogP contribution in [0.3, 0.4) is 0 Å². The van der Waals surface area contributed by atoms with E-state index in [2.05, 4.69) is 0 Å². The lowest BCUT2D eigenvalue weighted by atomic mass is 9.78. The number of benzene rings is 2. The van der Waals surface area contributed by atoms with Crippen LogP contribution in [0, 0.1) is 12.8 Å². The minimum atomic E-state index is -0.364. The molecule has 0 aromatic heterocycles. The first-order valence-corrected chi connectivity index (χ1v) is 10.0. The summed E-state index contributed by atoms with van der Waals surface area (Å²) in [6.07, 6.45) is 6.18. The van der Waals surface area contributed by atoms with Crippen molar-refractivity contribution in [3.8, 4) is 0 Å². The van der Waals surface area contributed by atoms with E-state index in [1.54, 1.807) is 12.3 Å². The molecule has 1 fully saturated rings. The molecule has 0 radical (unpaired) electrons. The highest BCUT2D eigenvalue weighted by Gasteiger charge is 2.41. The summed E-state index contributed by atoms with van der Waals surface area (Å²) in [5.74, 6) is -0.415. The average Bonchev–Trinajstić information content (AvgIpc) is 2.74. The Balaban J connectivity index is 1.35. The maximum absolute atomic E-state index is 12.9. The van der Waals surface area contributed by atoms with Gasteiger partial charge in [0.2, 0.25) is 0 Å². The molecule has 0 N–H and O–H groups in total. The smallest absolute Gasteiger partial charge is 0.331 e. The van der Waals surface area contributed by atoms with Crippen molar-refractivity contribution in [1.82, 2.24) is 0 Å². The summed E-state index contributed by atoms with van der Waals surface area (Å²) in [6, 6.07) is 17.5. The van der Waals surface area contributed by atoms with Crippen LogP contribution in [0.4, 0.5) is 0 Å². The number of ketones is 1. The summed E-state index contributed by atoms with van der Waals surface area (Å²) in [6.45, 7) is 2.02. The molecule has 2 aliphatic rings. The van der Waals surface area contributed by atoms with Crippen molar-refractivity contribution in [2.24, 2.45) is 5.92 Å². The van der Waals surface area contributed by atoms with Gasteiger partial charge in [0.15, 0.2) is 5.78 Å². The number of rotatable bonds is 4. The van der Waals surface area contributed by atoms with Crippen LogP contribution in [0.15, 0.2) is 66.9 Å². The van der Waals surface area contributed by atoms with Gasteiger partial charge in [0.25, 0.3) is 0 Å². The van der Waals surface area contributed by atoms with Gasteiger partial charge >= 0.3 is 5.97 Å². The number of ether oxygens (including phenoxy) is 2. The Bertz CT molecular complexity index is 941. The number of hydrogen-bond acceptors (Lipinski definition) is 4. The van der Waals surface area contributed by atoms with Gasteiger partial charge in [-0.1, -0.05) is 60.2 Å². The molecule has 1 heterocycles. The molecule has 29 heavy (non-hydrogen) atoms. The van der Waals surface area contributed by atoms with E-state index in [-0.39, 0.29) is 29.9 Å². The maximum atomic E-state index is 12.9. The number of aryl methyl sites for hydroxylation is 1. The Morgan fingerprint density at radius 1 is 1.07 bits per heavy atom. The third-order valence-electron chi connectivity index (χ3n) is 5.56. The Morgan fingerprint density at radius 2 is 1.83 bits per heavy atom. The topological polar surface area (TPSA) is 52.6 Å². The molecule has 1 saturated carbocycles. The molecule has 4 rings (SSSR count). The molecule has 1 aliphatic carbocycles. The van der Waals surface area contributed by atoms with Gasteiger partial charge in [0.05, 0.1) is 17.8 Å². The summed E-state index contributed by atoms with van der Waals surface area (Å²) in [5, 5.41) is 0. The Morgan fingerprint density at radius 3 is 2.59 bits per heavy atom. The van der Waals surface area contributed by atoms with Crippen LogP contribution in [-0.2, 0) is 19.1 Å². The van der Waals surface area contributed by atoms with E-state index in [0.29, 0.717) is 24.8 Å². The van der Waals surface area contributed by atoms with Gasteiger partial charge in [-0.05, 0) is 37.0 Å². The van der Waals surface area contributed by atoms with Crippen molar-refractivity contribution in [3.63, 3.8) is 0 Å². The lowest BCUT2D eigenvalue weighted by Gasteiger charge is -2.37. The Kier molecular flexibility index (Phi) is 5.61. The second kappa shape index (κ2) is 8.48. The van der Waals surface area contributed by atoms with Gasteiger partial charge in [0, 0.05) is 12.5 Å². The first kappa shape index (κ1) is 19.2. The van der Waals surface area contributed by atoms with E-state index < -0.39 is 0 Å². The predicted octanol–water partition coefficient (Wildman–Crippen LogP) is 4.73. The molecule has 0 bridgehead atoms. The Hall–Kier alpha value is -3.14. The molecule has 1 aliphatic heterocycles. The van der Waals surface area contributed by atoms with E-state index in [1.807, 2.05) is 61.5 Å². The molecule has 0 saturated heterocycles. The first-order valence-electron chi connectivity index (χ1n) is 10.0. The van der Waals surface area contributed by atoms with Crippen molar-refractivity contribution in [3.05, 3.63) is 83.6 Å². The fourth-order valence-electron chi connectivity index (χ4n) is 3.94. The fraction of sp³-hybridized carbons (Fsp3) is 0.280. The maximum Gasteiger partial charge on any atom is 0.331 e. The van der Waals surface area contributed by atoms with E-state index >= 15 is 0 Å². The molecule has 3 unspecified atom stereocenters. The molecular formula is C25H24O4. The van der Waals surface area contributed by atoms with Gasteiger partial charge in [-0.3, -0.25) is 4.79 Å². The molecule has 3 atom stereocenters. The Labute approximate surface area is 170 Å². The lowest BCUT2D eigenvalue weighted by molar-refractivity contribution is -0.148. The van der Waals surface area contributed by atoms with Crippen LogP contribution in [0.25, 0.3) is 11.6 Å². The van der Waals surface area contributed by atoms with Crippen LogP contribution < -0.4 is 0 Å². The third-order valence-corrected chi connectivity index (χ3v) is 5.56. The monoisotopic (exact) mass is 388 g/mol. The van der Waals surface area contributed by atoms with Gasteiger partial charge in [-0.15, -0.1) is 0 Å². The average molecular weight is 388 g/mol. The minimum absolute atomic E-state index is 0.122. The molecule has 2 aromatic carbocycles. The highest BCUT2D eigenvalue weighted by Crippen LogP contribution is 2.37. The van der Waals surface area contributed by atoms with Crippen molar-refractivity contribution in [2.45, 2.75) is 38.4 Å². The lowest BCUT2D eigenvalue weighted by Crippen LogP contribution is -2.41. The number of carbonyl (C=O) groups excluding carboxylic acids is 2. The molecular weight excluding hydrogens is 364 g/mol. The van der Waals surface area contributed by atoms with E-state index in [9.17, 15) is 9.59 Å². The number of fused-ring (bicyclic) bond motifs is 1. The molecule has 2 aromatic rings. The zero-order chi connectivity index (χ0) is 20.2. The van der Waals surface area contributed by atoms with Crippen LogP contribution in [-0.4, -0.2) is 24.0 Å². The molecule has 0 spiro atoms. The SMILES string of the molecule is Cc1ccc(/C=C/C(=O)OC2CCC3C(=O)C(c4ccccc4)=COC3C2)cc1. The summed E-state index contributed by atoms with van der Waals surface area (Å²) in [4.78, 5) is 25.1.